The van der Waals surface area contributed by atoms with Gasteiger partial charge in [0.1, 0.15) is 11.1 Å². The summed E-state index contributed by atoms with van der Waals surface area (Å²) in [5.41, 5.74) is 1.20. The smallest absolute Gasteiger partial charge is 0.234 e. The van der Waals surface area contributed by atoms with Crippen molar-refractivity contribution in [1.29, 1.82) is 0 Å². The van der Waals surface area contributed by atoms with Crippen LogP contribution in [0, 0.1) is 0 Å². The third-order valence-corrected chi connectivity index (χ3v) is 4.48. The van der Waals surface area contributed by atoms with E-state index in [4.69, 9.17) is 4.74 Å². The van der Waals surface area contributed by atoms with Crippen molar-refractivity contribution in [3.63, 3.8) is 0 Å². The third-order valence-electron chi connectivity index (χ3n) is 3.25. The van der Waals surface area contributed by atoms with Crippen molar-refractivity contribution >= 4 is 17.7 Å². The van der Waals surface area contributed by atoms with Crippen LogP contribution in [0.1, 0.15) is 23.8 Å². The van der Waals surface area contributed by atoms with E-state index in [0.29, 0.717) is 17.7 Å². The highest BCUT2D eigenvalue weighted by Crippen LogP contribution is 2.45. The molecule has 90 valence electrons. The predicted molar refractivity (Wildman–Crippen MR) is 68.1 cm³/mol. The first-order valence-corrected chi connectivity index (χ1v) is 6.91. The first-order chi connectivity index (χ1) is 8.29. The second-order valence-electron chi connectivity index (χ2n) is 4.47. The Balaban J connectivity index is 1.84. The molecule has 1 aromatic carbocycles. The topological polar surface area (TPSA) is 29.5 Å². The summed E-state index contributed by atoms with van der Waals surface area (Å²) in [5, 5.41) is 0.209. The van der Waals surface area contributed by atoms with Gasteiger partial charge in [-0.1, -0.05) is 12.1 Å². The maximum atomic E-state index is 11.8. The van der Waals surface area contributed by atoms with Crippen LogP contribution in [0.15, 0.2) is 24.3 Å². The maximum Gasteiger partial charge on any atom is 0.234 e. The summed E-state index contributed by atoms with van der Waals surface area (Å²) in [7, 11) is 1.67. The van der Waals surface area contributed by atoms with Crippen molar-refractivity contribution < 1.29 is 9.53 Å². The Kier molecular flexibility index (Phi) is 2.74. The lowest BCUT2D eigenvalue weighted by Gasteiger charge is -2.24. The van der Waals surface area contributed by atoms with Gasteiger partial charge in [-0.15, -0.1) is 11.8 Å². The van der Waals surface area contributed by atoms with Gasteiger partial charge >= 0.3 is 0 Å². The lowest BCUT2D eigenvalue weighted by molar-refractivity contribution is -0.128. The van der Waals surface area contributed by atoms with Gasteiger partial charge in [-0.05, 0) is 30.5 Å². The molecule has 1 aromatic rings. The third kappa shape index (κ3) is 2.02. The number of benzene rings is 1. The average molecular weight is 249 g/mol. The molecule has 1 saturated carbocycles. The van der Waals surface area contributed by atoms with Crippen molar-refractivity contribution in [1.82, 2.24) is 4.90 Å². The Labute approximate surface area is 105 Å². The van der Waals surface area contributed by atoms with Crippen LogP contribution in [0.2, 0.25) is 0 Å². The van der Waals surface area contributed by atoms with Crippen molar-refractivity contribution in [2.45, 2.75) is 24.3 Å². The van der Waals surface area contributed by atoms with Crippen LogP contribution in [-0.2, 0) is 4.79 Å². The molecule has 2 fully saturated rings. The molecular formula is C13H15NO2S. The largest absolute Gasteiger partial charge is 0.497 e. The van der Waals surface area contributed by atoms with Gasteiger partial charge in [-0.25, -0.2) is 0 Å². The Bertz CT molecular complexity index is 428. The quantitative estimate of drug-likeness (QED) is 0.824. The fourth-order valence-corrected chi connectivity index (χ4v) is 3.46. The zero-order chi connectivity index (χ0) is 11.8. The molecule has 3 rings (SSSR count). The zero-order valence-electron chi connectivity index (χ0n) is 9.76. The van der Waals surface area contributed by atoms with E-state index < -0.39 is 0 Å². The number of methoxy groups -OCH3 is 1. The molecule has 3 nitrogen and oxygen atoms in total. The standard InChI is InChI=1S/C13H15NO2S/c1-16-11-6-2-9(3-7-11)13-14(10-4-5-10)12(15)8-17-13/h2-3,6-7,10,13H,4-5,8H2,1H3. The average Bonchev–Trinajstić information content (AvgIpc) is 3.13. The van der Waals surface area contributed by atoms with Crippen LogP contribution in [0.4, 0.5) is 0 Å². The number of thioether (sulfide) groups is 1. The van der Waals surface area contributed by atoms with Gasteiger partial charge in [-0.3, -0.25) is 4.79 Å². The summed E-state index contributed by atoms with van der Waals surface area (Å²) in [5.74, 6) is 1.77. The van der Waals surface area contributed by atoms with Crippen LogP contribution >= 0.6 is 11.8 Å². The summed E-state index contributed by atoms with van der Waals surface area (Å²) >= 11 is 1.73. The Morgan fingerprint density at radius 2 is 2.00 bits per heavy atom. The van der Waals surface area contributed by atoms with Crippen molar-refractivity contribution in [3.8, 4) is 5.75 Å². The highest BCUT2D eigenvalue weighted by Gasteiger charge is 2.42. The molecule has 0 aromatic heterocycles. The van der Waals surface area contributed by atoms with Crippen molar-refractivity contribution in [3.05, 3.63) is 29.8 Å². The molecule has 0 radical (unpaired) electrons. The van der Waals surface area contributed by atoms with Gasteiger partial charge in [-0.2, -0.15) is 0 Å². The number of nitrogens with zero attached hydrogens (tertiary/aromatic N) is 1. The van der Waals surface area contributed by atoms with E-state index in [1.165, 1.54) is 18.4 Å². The molecule has 0 spiro atoms. The highest BCUT2D eigenvalue weighted by atomic mass is 32.2. The molecular weight excluding hydrogens is 234 g/mol. The minimum atomic E-state index is 0.209. The Morgan fingerprint density at radius 3 is 2.59 bits per heavy atom. The summed E-state index contributed by atoms with van der Waals surface area (Å²) < 4.78 is 5.15. The SMILES string of the molecule is COc1ccc(C2SCC(=O)N2C2CC2)cc1. The van der Waals surface area contributed by atoms with E-state index in [9.17, 15) is 4.79 Å². The fourth-order valence-electron chi connectivity index (χ4n) is 2.21. The van der Waals surface area contributed by atoms with Gasteiger partial charge < -0.3 is 9.64 Å². The van der Waals surface area contributed by atoms with E-state index >= 15 is 0 Å². The summed E-state index contributed by atoms with van der Waals surface area (Å²) in [6.07, 6.45) is 2.33. The van der Waals surface area contributed by atoms with Gasteiger partial charge in [0.25, 0.3) is 0 Å². The van der Waals surface area contributed by atoms with Gasteiger partial charge in [0.2, 0.25) is 5.91 Å². The minimum absolute atomic E-state index is 0.209. The molecule has 17 heavy (non-hydrogen) atoms. The molecule has 1 amide bonds. The van der Waals surface area contributed by atoms with E-state index in [0.717, 1.165) is 5.75 Å². The summed E-state index contributed by atoms with van der Waals surface area (Å²) in [4.78, 5) is 13.9. The number of hydrogen-bond acceptors (Lipinski definition) is 3. The Hall–Kier alpha value is -1.16. The first kappa shape index (κ1) is 11.0. The van der Waals surface area contributed by atoms with Crippen LogP contribution in [-0.4, -0.2) is 29.7 Å². The van der Waals surface area contributed by atoms with Crippen LogP contribution in [0.3, 0.4) is 0 Å². The van der Waals surface area contributed by atoms with E-state index in [1.807, 2.05) is 12.1 Å². The predicted octanol–water partition coefficient (Wildman–Crippen LogP) is 2.43. The van der Waals surface area contributed by atoms with E-state index in [2.05, 4.69) is 17.0 Å². The molecule has 1 unspecified atom stereocenters. The molecule has 2 aliphatic rings. The molecule has 0 bridgehead atoms. The normalized spacial score (nSPS) is 24.2. The number of hydrogen-bond donors (Lipinski definition) is 0. The summed E-state index contributed by atoms with van der Waals surface area (Å²) in [6, 6.07) is 8.53. The number of amides is 1. The maximum absolute atomic E-state index is 11.8. The van der Waals surface area contributed by atoms with Crippen molar-refractivity contribution in [2.75, 3.05) is 12.9 Å². The molecule has 4 heteroatoms. The van der Waals surface area contributed by atoms with Gasteiger partial charge in [0.15, 0.2) is 0 Å². The molecule has 1 heterocycles. The monoisotopic (exact) mass is 249 g/mol. The molecule has 1 atom stereocenters. The fraction of sp³-hybridized carbons (Fsp3) is 0.462. The summed E-state index contributed by atoms with van der Waals surface area (Å²) in [6.45, 7) is 0. The minimum Gasteiger partial charge on any atom is -0.497 e. The lowest BCUT2D eigenvalue weighted by atomic mass is 10.2. The second-order valence-corrected chi connectivity index (χ2v) is 5.54. The molecule has 1 saturated heterocycles. The van der Waals surface area contributed by atoms with Gasteiger partial charge in [0, 0.05) is 6.04 Å². The Morgan fingerprint density at radius 1 is 1.29 bits per heavy atom. The molecule has 1 aliphatic heterocycles. The first-order valence-electron chi connectivity index (χ1n) is 5.86. The van der Waals surface area contributed by atoms with Crippen LogP contribution < -0.4 is 4.74 Å². The number of rotatable bonds is 3. The van der Waals surface area contributed by atoms with Crippen molar-refractivity contribution in [2.24, 2.45) is 0 Å². The van der Waals surface area contributed by atoms with E-state index in [1.54, 1.807) is 18.9 Å². The van der Waals surface area contributed by atoms with Crippen LogP contribution in [0.25, 0.3) is 0 Å². The zero-order valence-corrected chi connectivity index (χ0v) is 10.6. The lowest BCUT2D eigenvalue weighted by Crippen LogP contribution is -2.30. The molecule has 0 N–H and O–H groups in total. The highest BCUT2D eigenvalue weighted by molar-refractivity contribution is 8.00. The van der Waals surface area contributed by atoms with Gasteiger partial charge in [0.05, 0.1) is 12.9 Å². The molecule has 1 aliphatic carbocycles. The van der Waals surface area contributed by atoms with Crippen LogP contribution in [0.5, 0.6) is 5.75 Å². The second kappa shape index (κ2) is 4.26. The number of carbonyl (C=O) groups excluding carboxylic acids is 1. The van der Waals surface area contributed by atoms with E-state index in [-0.39, 0.29) is 5.37 Å². The number of ether oxygens (including phenoxy) is 1. The number of carbonyl (C=O) groups is 1.